The predicted octanol–water partition coefficient (Wildman–Crippen LogP) is 2.72. The Kier molecular flexibility index (Phi) is 5.03. The lowest BCUT2D eigenvalue weighted by Crippen LogP contribution is -2.30. The van der Waals surface area contributed by atoms with E-state index < -0.39 is 0 Å². The van der Waals surface area contributed by atoms with Crippen LogP contribution in [-0.2, 0) is 0 Å². The molecule has 2 nitrogen and oxygen atoms in total. The average Bonchev–Trinajstić information content (AvgIpc) is 2.61. The second-order valence-corrected chi connectivity index (χ2v) is 4.05. The number of benzene rings is 1. The van der Waals surface area contributed by atoms with Crippen LogP contribution in [0.2, 0.25) is 0 Å². The Hall–Kier alpha value is -0.800. The van der Waals surface area contributed by atoms with Gasteiger partial charge in [0.2, 0.25) is 0 Å². The smallest absolute Gasteiger partial charge is 0.126 e. The highest BCUT2D eigenvalue weighted by Crippen LogP contribution is 2.17. The molecule has 0 unspecified atom stereocenters. The van der Waals surface area contributed by atoms with Crippen LogP contribution in [0.5, 0.6) is 5.75 Å². The number of hydrogen-bond acceptors (Lipinski definition) is 2. The van der Waals surface area contributed by atoms with E-state index >= 15 is 0 Å². The molecule has 0 amide bonds. The summed E-state index contributed by atoms with van der Waals surface area (Å²) in [6.07, 6.45) is 2.40. The van der Waals surface area contributed by atoms with E-state index in [4.69, 9.17) is 4.74 Å². The molecule has 1 aromatic carbocycles. The molecule has 0 spiro atoms. The van der Waals surface area contributed by atoms with Crippen molar-refractivity contribution >= 4 is 12.4 Å². The summed E-state index contributed by atoms with van der Waals surface area (Å²) in [6, 6.07) is 6.79. The van der Waals surface area contributed by atoms with Gasteiger partial charge in [-0.15, -0.1) is 12.4 Å². The molecule has 0 bridgehead atoms. The summed E-state index contributed by atoms with van der Waals surface area (Å²) in [4.78, 5) is 2.29. The Labute approximate surface area is 102 Å². The minimum atomic E-state index is -0.243. The zero-order chi connectivity index (χ0) is 10.7. The number of rotatable bonds is 3. The third-order valence-electron chi connectivity index (χ3n) is 2.91. The molecule has 1 atom stereocenters. The molecule has 1 heterocycles. The van der Waals surface area contributed by atoms with Gasteiger partial charge in [0.1, 0.15) is 18.2 Å². The molecule has 1 aromatic rings. The van der Waals surface area contributed by atoms with E-state index in [2.05, 4.69) is 11.9 Å². The van der Waals surface area contributed by atoms with Gasteiger partial charge in [-0.1, -0.05) is 6.07 Å². The van der Waals surface area contributed by atoms with Gasteiger partial charge in [-0.05, 0) is 38.6 Å². The second kappa shape index (κ2) is 6.06. The SMILES string of the molecule is CN1CCC[C@@H]1COc1cccc(F)c1.Cl. The first-order chi connectivity index (χ1) is 7.25. The summed E-state index contributed by atoms with van der Waals surface area (Å²) < 4.78 is 18.4. The Balaban J connectivity index is 0.00000128. The van der Waals surface area contributed by atoms with Crippen molar-refractivity contribution in [1.82, 2.24) is 4.90 Å². The Bertz CT molecular complexity index is 335. The first-order valence-electron chi connectivity index (χ1n) is 5.34. The maximum absolute atomic E-state index is 12.9. The molecule has 0 N–H and O–H groups in total. The quantitative estimate of drug-likeness (QED) is 0.812. The molecule has 0 aromatic heterocycles. The third kappa shape index (κ3) is 3.35. The second-order valence-electron chi connectivity index (χ2n) is 4.05. The van der Waals surface area contributed by atoms with Gasteiger partial charge < -0.3 is 9.64 Å². The molecule has 1 aliphatic heterocycles. The molecule has 16 heavy (non-hydrogen) atoms. The Morgan fingerprint density at radius 1 is 1.50 bits per heavy atom. The van der Waals surface area contributed by atoms with Crippen molar-refractivity contribution < 1.29 is 9.13 Å². The lowest BCUT2D eigenvalue weighted by molar-refractivity contribution is 0.198. The monoisotopic (exact) mass is 245 g/mol. The normalized spacial score (nSPS) is 20.5. The first kappa shape index (κ1) is 13.3. The topological polar surface area (TPSA) is 12.5 Å². The minimum absolute atomic E-state index is 0. The molecular formula is C12H17ClFNO. The maximum atomic E-state index is 12.9. The molecule has 2 rings (SSSR count). The predicted molar refractivity (Wildman–Crippen MR) is 64.8 cm³/mol. The average molecular weight is 246 g/mol. The summed E-state index contributed by atoms with van der Waals surface area (Å²) in [5.74, 6) is 0.377. The summed E-state index contributed by atoms with van der Waals surface area (Å²) >= 11 is 0. The molecule has 1 fully saturated rings. The van der Waals surface area contributed by atoms with E-state index in [1.54, 1.807) is 12.1 Å². The highest BCUT2D eigenvalue weighted by molar-refractivity contribution is 5.85. The molecule has 1 aliphatic rings. The third-order valence-corrected chi connectivity index (χ3v) is 2.91. The summed E-state index contributed by atoms with van der Waals surface area (Å²) in [5.41, 5.74) is 0. The number of likely N-dealkylation sites (N-methyl/N-ethyl adjacent to an activating group) is 1. The summed E-state index contributed by atoms with van der Waals surface area (Å²) in [7, 11) is 2.10. The minimum Gasteiger partial charge on any atom is -0.492 e. The molecule has 90 valence electrons. The van der Waals surface area contributed by atoms with E-state index in [9.17, 15) is 4.39 Å². The highest BCUT2D eigenvalue weighted by atomic mass is 35.5. The fraction of sp³-hybridized carbons (Fsp3) is 0.500. The zero-order valence-corrected chi connectivity index (χ0v) is 10.2. The number of nitrogens with zero attached hydrogens (tertiary/aromatic N) is 1. The maximum Gasteiger partial charge on any atom is 0.126 e. The number of ether oxygens (including phenoxy) is 1. The molecule has 0 saturated carbocycles. The van der Waals surface area contributed by atoms with Crippen LogP contribution < -0.4 is 4.74 Å². The van der Waals surface area contributed by atoms with Gasteiger partial charge >= 0.3 is 0 Å². The van der Waals surface area contributed by atoms with Crippen LogP contribution in [-0.4, -0.2) is 31.1 Å². The van der Waals surface area contributed by atoms with Gasteiger partial charge in [0.25, 0.3) is 0 Å². The summed E-state index contributed by atoms with van der Waals surface area (Å²) in [6.45, 7) is 1.79. The van der Waals surface area contributed by atoms with E-state index in [0.717, 1.165) is 6.54 Å². The highest BCUT2D eigenvalue weighted by Gasteiger charge is 2.21. The zero-order valence-electron chi connectivity index (χ0n) is 9.36. The van der Waals surface area contributed by atoms with Crippen molar-refractivity contribution in [3.8, 4) is 5.75 Å². The Morgan fingerprint density at radius 2 is 2.31 bits per heavy atom. The lowest BCUT2D eigenvalue weighted by atomic mass is 10.2. The summed E-state index contributed by atoms with van der Waals surface area (Å²) in [5, 5.41) is 0. The number of hydrogen-bond donors (Lipinski definition) is 0. The van der Waals surface area contributed by atoms with Gasteiger partial charge in [-0.3, -0.25) is 0 Å². The first-order valence-corrected chi connectivity index (χ1v) is 5.34. The number of halogens is 2. The van der Waals surface area contributed by atoms with Crippen LogP contribution in [0.25, 0.3) is 0 Å². The van der Waals surface area contributed by atoms with Crippen molar-refractivity contribution in [3.05, 3.63) is 30.1 Å². The molecule has 0 radical (unpaired) electrons. The van der Waals surface area contributed by atoms with Crippen molar-refractivity contribution in [2.24, 2.45) is 0 Å². The van der Waals surface area contributed by atoms with Crippen molar-refractivity contribution in [2.45, 2.75) is 18.9 Å². The van der Waals surface area contributed by atoms with Gasteiger partial charge in [-0.2, -0.15) is 0 Å². The van der Waals surface area contributed by atoms with Crippen LogP contribution in [0.4, 0.5) is 4.39 Å². The molecule has 4 heteroatoms. The molecular weight excluding hydrogens is 229 g/mol. The van der Waals surface area contributed by atoms with Crippen molar-refractivity contribution in [1.29, 1.82) is 0 Å². The Morgan fingerprint density at radius 3 is 2.94 bits per heavy atom. The largest absolute Gasteiger partial charge is 0.492 e. The van der Waals surface area contributed by atoms with Gasteiger partial charge in [0, 0.05) is 12.1 Å². The van der Waals surface area contributed by atoms with Gasteiger partial charge in [0.15, 0.2) is 0 Å². The standard InChI is InChI=1S/C12H16FNO.ClH/c1-14-7-3-5-11(14)9-15-12-6-2-4-10(13)8-12;/h2,4,6,8,11H,3,5,7,9H2,1H3;1H/t11-;/m1./s1. The lowest BCUT2D eigenvalue weighted by Gasteiger charge is -2.19. The van der Waals surface area contributed by atoms with E-state index in [1.165, 1.54) is 25.0 Å². The van der Waals surface area contributed by atoms with Gasteiger partial charge in [-0.25, -0.2) is 4.39 Å². The fourth-order valence-corrected chi connectivity index (χ4v) is 1.94. The van der Waals surface area contributed by atoms with Gasteiger partial charge in [0.05, 0.1) is 0 Å². The fourth-order valence-electron chi connectivity index (χ4n) is 1.94. The van der Waals surface area contributed by atoms with E-state index in [0.29, 0.717) is 18.4 Å². The van der Waals surface area contributed by atoms with Crippen LogP contribution in [0, 0.1) is 5.82 Å². The van der Waals surface area contributed by atoms with Crippen LogP contribution in [0.15, 0.2) is 24.3 Å². The van der Waals surface area contributed by atoms with Crippen LogP contribution in [0.1, 0.15) is 12.8 Å². The molecule has 0 aliphatic carbocycles. The van der Waals surface area contributed by atoms with Crippen LogP contribution in [0.3, 0.4) is 0 Å². The molecule has 1 saturated heterocycles. The van der Waals surface area contributed by atoms with E-state index in [1.807, 2.05) is 0 Å². The van der Waals surface area contributed by atoms with E-state index in [-0.39, 0.29) is 18.2 Å². The van der Waals surface area contributed by atoms with Crippen molar-refractivity contribution in [3.63, 3.8) is 0 Å². The number of likely N-dealkylation sites (tertiary alicyclic amines) is 1. The van der Waals surface area contributed by atoms with Crippen molar-refractivity contribution in [2.75, 3.05) is 20.2 Å². The van der Waals surface area contributed by atoms with Crippen LogP contribution >= 0.6 is 12.4 Å².